The van der Waals surface area contributed by atoms with Crippen LogP contribution in [0.25, 0.3) is 0 Å². The maximum atomic E-state index is 6.18. The van der Waals surface area contributed by atoms with Gasteiger partial charge in [0.15, 0.2) is 0 Å². The molecule has 0 aliphatic heterocycles. The smallest absolute Gasteiger partial charge is 0.0641 e. The first-order valence-electron chi connectivity index (χ1n) is 7.35. The highest BCUT2D eigenvalue weighted by atomic mass is 16.5. The van der Waals surface area contributed by atoms with Crippen molar-refractivity contribution in [3.05, 3.63) is 29.8 Å². The van der Waals surface area contributed by atoms with Crippen LogP contribution in [0.1, 0.15) is 37.8 Å². The molecule has 1 atom stereocenters. The van der Waals surface area contributed by atoms with Gasteiger partial charge in [-0.05, 0) is 36.8 Å². The highest BCUT2D eigenvalue weighted by Crippen LogP contribution is 2.29. The molecule has 1 aromatic carbocycles. The van der Waals surface area contributed by atoms with E-state index < -0.39 is 0 Å². The van der Waals surface area contributed by atoms with Crippen LogP contribution in [0.15, 0.2) is 24.3 Å². The summed E-state index contributed by atoms with van der Waals surface area (Å²) >= 11 is 0. The molecule has 2 rings (SSSR count). The molecule has 1 aromatic rings. The molecule has 106 valence electrons. The Morgan fingerprint density at radius 3 is 2.79 bits per heavy atom. The summed E-state index contributed by atoms with van der Waals surface area (Å²) < 4.78 is 5.70. The van der Waals surface area contributed by atoms with Crippen molar-refractivity contribution in [2.45, 2.75) is 32.2 Å². The summed E-state index contributed by atoms with van der Waals surface area (Å²) in [5, 5.41) is 0. The number of anilines is 1. The van der Waals surface area contributed by atoms with Crippen molar-refractivity contribution in [1.82, 2.24) is 0 Å². The van der Waals surface area contributed by atoms with E-state index in [1.54, 1.807) is 0 Å². The summed E-state index contributed by atoms with van der Waals surface area (Å²) in [5.41, 5.74) is 8.64. The molecule has 0 amide bonds. The first-order valence-corrected chi connectivity index (χ1v) is 7.35. The molecule has 1 saturated carbocycles. The Bertz CT molecular complexity index is 390. The van der Waals surface area contributed by atoms with Crippen molar-refractivity contribution in [3.8, 4) is 0 Å². The molecule has 1 aliphatic carbocycles. The molecule has 2 N–H and O–H groups in total. The number of hydrogen-bond donors (Lipinski definition) is 1. The molecular weight excluding hydrogens is 236 g/mol. The lowest BCUT2D eigenvalue weighted by Crippen LogP contribution is -2.25. The predicted octanol–water partition coefficient (Wildman–Crippen LogP) is 2.96. The van der Waals surface area contributed by atoms with Crippen LogP contribution in [0, 0.1) is 5.92 Å². The number of benzene rings is 1. The van der Waals surface area contributed by atoms with Crippen LogP contribution in [-0.4, -0.2) is 26.8 Å². The van der Waals surface area contributed by atoms with Crippen LogP contribution < -0.4 is 10.6 Å². The fourth-order valence-electron chi connectivity index (χ4n) is 2.23. The average Bonchev–Trinajstić information content (AvgIpc) is 3.26. The van der Waals surface area contributed by atoms with Gasteiger partial charge in [-0.2, -0.15) is 0 Å². The van der Waals surface area contributed by atoms with E-state index in [1.807, 2.05) is 0 Å². The van der Waals surface area contributed by atoms with Crippen LogP contribution in [0.2, 0.25) is 0 Å². The number of rotatable bonds is 8. The maximum Gasteiger partial charge on any atom is 0.0641 e. The van der Waals surface area contributed by atoms with Gasteiger partial charge in [-0.15, -0.1) is 0 Å². The van der Waals surface area contributed by atoms with Gasteiger partial charge in [0, 0.05) is 31.9 Å². The Morgan fingerprint density at radius 2 is 2.11 bits per heavy atom. The van der Waals surface area contributed by atoms with Crippen molar-refractivity contribution in [2.75, 3.05) is 31.7 Å². The zero-order valence-electron chi connectivity index (χ0n) is 12.1. The van der Waals surface area contributed by atoms with Crippen molar-refractivity contribution in [3.63, 3.8) is 0 Å². The second-order valence-corrected chi connectivity index (χ2v) is 5.51. The van der Waals surface area contributed by atoms with E-state index in [0.29, 0.717) is 0 Å². The monoisotopic (exact) mass is 262 g/mol. The van der Waals surface area contributed by atoms with Gasteiger partial charge >= 0.3 is 0 Å². The standard InChI is InChI=1S/C16H26N2O/c1-3-15(17)14-6-4-5-7-16(14)18(2)10-11-19-12-13-8-9-13/h4-7,13,15H,3,8-12,17H2,1-2H3. The quantitative estimate of drug-likeness (QED) is 0.732. The summed E-state index contributed by atoms with van der Waals surface area (Å²) in [6, 6.07) is 8.52. The van der Waals surface area contributed by atoms with Gasteiger partial charge in [0.1, 0.15) is 0 Å². The summed E-state index contributed by atoms with van der Waals surface area (Å²) in [7, 11) is 2.11. The topological polar surface area (TPSA) is 38.5 Å². The minimum Gasteiger partial charge on any atom is -0.379 e. The third kappa shape index (κ3) is 4.22. The molecule has 3 heteroatoms. The molecule has 0 radical (unpaired) electrons. The Labute approximate surface area is 116 Å². The Morgan fingerprint density at radius 1 is 1.37 bits per heavy atom. The molecule has 0 spiro atoms. The highest BCUT2D eigenvalue weighted by Gasteiger charge is 2.21. The molecule has 19 heavy (non-hydrogen) atoms. The predicted molar refractivity (Wildman–Crippen MR) is 80.5 cm³/mol. The van der Waals surface area contributed by atoms with E-state index in [2.05, 4.69) is 43.1 Å². The highest BCUT2D eigenvalue weighted by molar-refractivity contribution is 5.54. The average molecular weight is 262 g/mol. The number of hydrogen-bond acceptors (Lipinski definition) is 3. The minimum atomic E-state index is 0.117. The fraction of sp³-hybridized carbons (Fsp3) is 0.625. The van der Waals surface area contributed by atoms with E-state index in [9.17, 15) is 0 Å². The Hall–Kier alpha value is -1.06. The van der Waals surface area contributed by atoms with Gasteiger partial charge in [0.2, 0.25) is 0 Å². The van der Waals surface area contributed by atoms with Gasteiger partial charge in [-0.1, -0.05) is 25.1 Å². The van der Waals surface area contributed by atoms with Gasteiger partial charge in [0.25, 0.3) is 0 Å². The van der Waals surface area contributed by atoms with Gasteiger partial charge in [0.05, 0.1) is 6.61 Å². The number of para-hydroxylation sites is 1. The minimum absolute atomic E-state index is 0.117. The second kappa shape index (κ2) is 6.92. The molecule has 0 saturated heterocycles. The third-order valence-corrected chi connectivity index (χ3v) is 3.81. The van der Waals surface area contributed by atoms with E-state index in [1.165, 1.54) is 24.1 Å². The summed E-state index contributed by atoms with van der Waals surface area (Å²) in [5.74, 6) is 0.839. The van der Waals surface area contributed by atoms with Gasteiger partial charge in [-0.3, -0.25) is 0 Å². The van der Waals surface area contributed by atoms with E-state index in [-0.39, 0.29) is 6.04 Å². The van der Waals surface area contributed by atoms with E-state index >= 15 is 0 Å². The maximum absolute atomic E-state index is 6.18. The number of nitrogens with two attached hydrogens (primary N) is 1. The van der Waals surface area contributed by atoms with Gasteiger partial charge in [-0.25, -0.2) is 0 Å². The zero-order chi connectivity index (χ0) is 13.7. The van der Waals surface area contributed by atoms with E-state index in [4.69, 9.17) is 10.5 Å². The number of nitrogens with zero attached hydrogens (tertiary/aromatic N) is 1. The van der Waals surface area contributed by atoms with Crippen LogP contribution in [0.5, 0.6) is 0 Å². The van der Waals surface area contributed by atoms with Crippen molar-refractivity contribution >= 4 is 5.69 Å². The molecule has 0 bridgehead atoms. The molecule has 1 fully saturated rings. The summed E-state index contributed by atoms with van der Waals surface area (Å²) in [6.07, 6.45) is 3.66. The third-order valence-electron chi connectivity index (χ3n) is 3.81. The molecule has 0 heterocycles. The second-order valence-electron chi connectivity index (χ2n) is 5.51. The van der Waals surface area contributed by atoms with Crippen LogP contribution >= 0.6 is 0 Å². The number of ether oxygens (including phenoxy) is 1. The van der Waals surface area contributed by atoms with E-state index in [0.717, 1.165) is 32.1 Å². The molecule has 3 nitrogen and oxygen atoms in total. The zero-order valence-corrected chi connectivity index (χ0v) is 12.1. The van der Waals surface area contributed by atoms with Gasteiger partial charge < -0.3 is 15.4 Å². The Balaban J connectivity index is 1.87. The first kappa shape index (κ1) is 14.4. The lowest BCUT2D eigenvalue weighted by atomic mass is 10.0. The largest absolute Gasteiger partial charge is 0.379 e. The first-order chi connectivity index (χ1) is 9.22. The van der Waals surface area contributed by atoms with Crippen molar-refractivity contribution in [2.24, 2.45) is 11.7 Å². The lowest BCUT2D eigenvalue weighted by Gasteiger charge is -2.24. The van der Waals surface area contributed by atoms with Crippen molar-refractivity contribution in [1.29, 1.82) is 0 Å². The Kier molecular flexibility index (Phi) is 5.23. The SMILES string of the molecule is CCC(N)c1ccccc1N(C)CCOCC1CC1. The lowest BCUT2D eigenvalue weighted by molar-refractivity contribution is 0.131. The van der Waals surface area contributed by atoms with Crippen LogP contribution in [-0.2, 0) is 4.74 Å². The normalized spacial score (nSPS) is 16.4. The fourth-order valence-corrected chi connectivity index (χ4v) is 2.23. The number of likely N-dealkylation sites (N-methyl/N-ethyl adjacent to an activating group) is 1. The molecule has 1 aliphatic rings. The van der Waals surface area contributed by atoms with Crippen LogP contribution in [0.4, 0.5) is 5.69 Å². The molecular formula is C16H26N2O. The summed E-state index contributed by atoms with van der Waals surface area (Å²) in [6.45, 7) is 4.77. The van der Waals surface area contributed by atoms with Crippen molar-refractivity contribution < 1.29 is 4.74 Å². The summed E-state index contributed by atoms with van der Waals surface area (Å²) in [4.78, 5) is 2.25. The molecule has 1 unspecified atom stereocenters. The molecule has 0 aromatic heterocycles. The van der Waals surface area contributed by atoms with Crippen LogP contribution in [0.3, 0.4) is 0 Å².